The van der Waals surface area contributed by atoms with Crippen LogP contribution in [0.5, 0.6) is 0 Å². The highest BCUT2D eigenvalue weighted by Crippen LogP contribution is 2.14. The number of ether oxygens (including phenoxy) is 1. The van der Waals surface area contributed by atoms with E-state index in [1.807, 2.05) is 0 Å². The van der Waals surface area contributed by atoms with Crippen LogP contribution >= 0.6 is 0 Å². The van der Waals surface area contributed by atoms with Gasteiger partial charge in [-0.3, -0.25) is 0 Å². The van der Waals surface area contributed by atoms with Crippen molar-refractivity contribution in [3.05, 3.63) is 65.5 Å². The number of benzene rings is 2. The van der Waals surface area contributed by atoms with Crippen LogP contribution in [-0.4, -0.2) is 20.6 Å². The molecule has 0 unspecified atom stereocenters. The number of carbonyl (C=O) groups excluding carboxylic acids is 1. The average Bonchev–Trinajstić information content (AvgIpc) is 2.45. The Bertz CT molecular complexity index is 769. The molecule has 0 bridgehead atoms. The lowest BCUT2D eigenvalue weighted by Crippen LogP contribution is -2.07. The Kier molecular flexibility index (Phi) is 4.37. The lowest BCUT2D eigenvalue weighted by atomic mass is 10.2. The van der Waals surface area contributed by atoms with Gasteiger partial charge in [0.1, 0.15) is 12.4 Å². The van der Waals surface area contributed by atoms with Gasteiger partial charge in [-0.2, -0.15) is 0 Å². The number of hydrogen-bond donors (Lipinski definition) is 0. The molecular weight excluding hydrogens is 295 g/mol. The predicted molar refractivity (Wildman–Crippen MR) is 75.1 cm³/mol. The first-order chi connectivity index (χ1) is 9.88. The molecule has 0 aliphatic rings. The summed E-state index contributed by atoms with van der Waals surface area (Å²) in [4.78, 5) is 11.9. The molecular formula is C15H13FO4S. The monoisotopic (exact) mass is 308 g/mol. The molecule has 0 spiro atoms. The summed E-state index contributed by atoms with van der Waals surface area (Å²) >= 11 is 0. The molecule has 4 nitrogen and oxygen atoms in total. The van der Waals surface area contributed by atoms with Crippen molar-refractivity contribution in [3.8, 4) is 0 Å². The summed E-state index contributed by atoms with van der Waals surface area (Å²) in [5.41, 5.74) is 0.361. The largest absolute Gasteiger partial charge is 0.457 e. The smallest absolute Gasteiger partial charge is 0.338 e. The minimum Gasteiger partial charge on any atom is -0.457 e. The molecule has 0 saturated heterocycles. The van der Waals surface area contributed by atoms with E-state index in [4.69, 9.17) is 4.74 Å². The first kappa shape index (κ1) is 15.2. The fraction of sp³-hybridized carbons (Fsp3) is 0.133. The maximum Gasteiger partial charge on any atom is 0.338 e. The zero-order valence-corrected chi connectivity index (χ0v) is 12.1. The zero-order valence-electron chi connectivity index (χ0n) is 11.2. The molecule has 0 atom stereocenters. The van der Waals surface area contributed by atoms with E-state index >= 15 is 0 Å². The molecule has 0 amide bonds. The second-order valence-corrected chi connectivity index (χ2v) is 6.48. The molecule has 2 rings (SSSR count). The summed E-state index contributed by atoms with van der Waals surface area (Å²) in [5.74, 6) is -1.17. The van der Waals surface area contributed by atoms with E-state index in [2.05, 4.69) is 0 Å². The fourth-order valence-corrected chi connectivity index (χ4v) is 2.36. The topological polar surface area (TPSA) is 60.4 Å². The first-order valence-corrected chi connectivity index (χ1v) is 7.98. The normalized spacial score (nSPS) is 11.1. The number of halogens is 1. The Morgan fingerprint density at radius 3 is 2.52 bits per heavy atom. The predicted octanol–water partition coefficient (Wildman–Crippen LogP) is 2.59. The summed E-state index contributed by atoms with van der Waals surface area (Å²) in [6.07, 6.45) is 1.05. The van der Waals surface area contributed by atoms with Crippen LogP contribution in [0.1, 0.15) is 15.9 Å². The van der Waals surface area contributed by atoms with Crippen molar-refractivity contribution < 1.29 is 22.3 Å². The molecule has 0 aliphatic heterocycles. The van der Waals surface area contributed by atoms with Crippen LogP contribution in [0.25, 0.3) is 0 Å². The third kappa shape index (κ3) is 3.88. The molecule has 2 aromatic carbocycles. The highest BCUT2D eigenvalue weighted by atomic mass is 32.2. The highest BCUT2D eigenvalue weighted by Gasteiger charge is 2.13. The molecule has 0 N–H and O–H groups in total. The quantitative estimate of drug-likeness (QED) is 0.815. The zero-order chi connectivity index (χ0) is 15.5. The highest BCUT2D eigenvalue weighted by molar-refractivity contribution is 7.90. The number of hydrogen-bond acceptors (Lipinski definition) is 4. The average molecular weight is 308 g/mol. The van der Waals surface area contributed by atoms with E-state index in [0.717, 1.165) is 6.26 Å². The number of rotatable bonds is 4. The lowest BCUT2D eigenvalue weighted by Gasteiger charge is -2.07. The van der Waals surface area contributed by atoms with E-state index in [1.165, 1.54) is 42.5 Å². The summed E-state index contributed by atoms with van der Waals surface area (Å²) < 4.78 is 41.2. The third-order valence-electron chi connectivity index (χ3n) is 2.81. The van der Waals surface area contributed by atoms with Crippen molar-refractivity contribution in [1.29, 1.82) is 0 Å². The van der Waals surface area contributed by atoms with Gasteiger partial charge in [-0.1, -0.05) is 24.3 Å². The van der Waals surface area contributed by atoms with E-state index in [-0.39, 0.29) is 22.6 Å². The van der Waals surface area contributed by atoms with E-state index in [9.17, 15) is 17.6 Å². The molecule has 110 valence electrons. The molecule has 0 fully saturated rings. The molecule has 0 aromatic heterocycles. The van der Waals surface area contributed by atoms with Gasteiger partial charge in [-0.05, 0) is 24.3 Å². The van der Waals surface area contributed by atoms with Crippen LogP contribution in [0.2, 0.25) is 0 Å². The summed E-state index contributed by atoms with van der Waals surface area (Å²) in [6, 6.07) is 11.5. The van der Waals surface area contributed by atoms with Crippen LogP contribution in [0.3, 0.4) is 0 Å². The molecule has 2 aromatic rings. The number of sulfone groups is 1. The second-order valence-electron chi connectivity index (χ2n) is 4.47. The van der Waals surface area contributed by atoms with Crippen molar-refractivity contribution in [2.45, 2.75) is 11.5 Å². The fourth-order valence-electron chi connectivity index (χ4n) is 1.70. The second kappa shape index (κ2) is 6.05. The molecule has 0 radical (unpaired) electrons. The van der Waals surface area contributed by atoms with E-state index < -0.39 is 21.6 Å². The Morgan fingerprint density at radius 1 is 1.14 bits per heavy atom. The molecule has 21 heavy (non-hydrogen) atoms. The van der Waals surface area contributed by atoms with Crippen LogP contribution in [0.4, 0.5) is 4.39 Å². The van der Waals surface area contributed by atoms with Gasteiger partial charge < -0.3 is 4.74 Å². The van der Waals surface area contributed by atoms with Gasteiger partial charge in [0.25, 0.3) is 0 Å². The summed E-state index contributed by atoms with van der Waals surface area (Å²) in [5, 5.41) is 0. The van der Waals surface area contributed by atoms with Crippen molar-refractivity contribution in [3.63, 3.8) is 0 Å². The summed E-state index contributed by atoms with van der Waals surface area (Å²) in [6.45, 7) is -0.214. The maximum absolute atomic E-state index is 13.4. The minimum absolute atomic E-state index is 0.0304. The van der Waals surface area contributed by atoms with Gasteiger partial charge >= 0.3 is 5.97 Å². The van der Waals surface area contributed by atoms with Gasteiger partial charge in [0.2, 0.25) is 0 Å². The Labute approximate surface area is 122 Å². The third-order valence-corrected chi connectivity index (χ3v) is 3.92. The van der Waals surface area contributed by atoms with Crippen LogP contribution in [0.15, 0.2) is 53.4 Å². The van der Waals surface area contributed by atoms with Gasteiger partial charge in [-0.15, -0.1) is 0 Å². The molecule has 0 aliphatic carbocycles. The standard InChI is InChI=1S/C15H13FO4S/c1-21(18,19)13-7-4-6-11(9-13)15(17)20-10-12-5-2-3-8-14(12)16/h2-9H,10H2,1H3. The molecule has 0 saturated carbocycles. The lowest BCUT2D eigenvalue weighted by molar-refractivity contribution is 0.0468. The van der Waals surface area contributed by atoms with Gasteiger partial charge in [-0.25, -0.2) is 17.6 Å². The Morgan fingerprint density at radius 2 is 1.86 bits per heavy atom. The SMILES string of the molecule is CS(=O)(=O)c1cccc(C(=O)OCc2ccccc2F)c1. The minimum atomic E-state index is -3.40. The van der Waals surface area contributed by atoms with Crippen LogP contribution in [0, 0.1) is 5.82 Å². The van der Waals surface area contributed by atoms with Gasteiger partial charge in [0.05, 0.1) is 10.5 Å². The van der Waals surface area contributed by atoms with Crippen molar-refractivity contribution in [2.24, 2.45) is 0 Å². The first-order valence-electron chi connectivity index (χ1n) is 6.08. The van der Waals surface area contributed by atoms with E-state index in [1.54, 1.807) is 6.07 Å². The summed E-state index contributed by atoms with van der Waals surface area (Å²) in [7, 11) is -3.40. The Hall–Kier alpha value is -2.21. The van der Waals surface area contributed by atoms with E-state index in [0.29, 0.717) is 0 Å². The van der Waals surface area contributed by atoms with Crippen LogP contribution < -0.4 is 0 Å². The maximum atomic E-state index is 13.4. The van der Waals surface area contributed by atoms with Gasteiger partial charge in [0.15, 0.2) is 9.84 Å². The van der Waals surface area contributed by atoms with Gasteiger partial charge in [0, 0.05) is 11.8 Å². The number of carbonyl (C=O) groups is 1. The molecule has 0 heterocycles. The Balaban J connectivity index is 2.13. The number of esters is 1. The van der Waals surface area contributed by atoms with Crippen molar-refractivity contribution in [1.82, 2.24) is 0 Å². The van der Waals surface area contributed by atoms with Crippen LogP contribution in [-0.2, 0) is 21.2 Å². The molecule has 6 heteroatoms. The van der Waals surface area contributed by atoms with Crippen molar-refractivity contribution in [2.75, 3.05) is 6.26 Å². The van der Waals surface area contributed by atoms with Crippen molar-refractivity contribution >= 4 is 15.8 Å².